The van der Waals surface area contributed by atoms with E-state index in [1.165, 1.54) is 0 Å². The maximum Gasteiger partial charge on any atom is 0.313 e. The normalized spacial score (nSPS) is 20.4. The highest BCUT2D eigenvalue weighted by Gasteiger charge is 2.39. The van der Waals surface area contributed by atoms with Gasteiger partial charge < -0.3 is 9.47 Å². The van der Waals surface area contributed by atoms with Crippen molar-refractivity contribution in [2.24, 2.45) is 11.3 Å². The lowest BCUT2D eigenvalue weighted by Gasteiger charge is -2.26. The van der Waals surface area contributed by atoms with Crippen LogP contribution in [0.3, 0.4) is 0 Å². The van der Waals surface area contributed by atoms with Gasteiger partial charge in [-0.05, 0) is 32.8 Å². The van der Waals surface area contributed by atoms with Crippen LogP contribution < -0.4 is 0 Å². The van der Waals surface area contributed by atoms with Gasteiger partial charge in [-0.15, -0.1) is 0 Å². The van der Waals surface area contributed by atoms with Crippen molar-refractivity contribution in [3.63, 3.8) is 0 Å². The molecule has 4 nitrogen and oxygen atoms in total. The zero-order valence-corrected chi connectivity index (χ0v) is 12.1. The first kappa shape index (κ1) is 14.6. The number of carbonyl (C=O) groups excluding carboxylic acids is 2. The molecule has 0 spiro atoms. The van der Waals surface area contributed by atoms with Crippen LogP contribution in [0.5, 0.6) is 0 Å². The Balaban J connectivity index is 2.25. The van der Waals surface area contributed by atoms with Crippen LogP contribution in [-0.4, -0.2) is 18.5 Å². The van der Waals surface area contributed by atoms with Crippen LogP contribution in [0.4, 0.5) is 0 Å². The van der Waals surface area contributed by atoms with E-state index in [4.69, 9.17) is 9.47 Å². The minimum absolute atomic E-state index is 0.291. The Labute approximate surface area is 119 Å². The first-order valence-corrected chi connectivity index (χ1v) is 6.82. The Bertz CT molecular complexity index is 487. The predicted molar refractivity (Wildman–Crippen MR) is 73.8 cm³/mol. The highest BCUT2D eigenvalue weighted by molar-refractivity contribution is 5.78. The van der Waals surface area contributed by atoms with E-state index in [1.54, 1.807) is 20.8 Å². The highest BCUT2D eigenvalue weighted by Crippen LogP contribution is 2.34. The highest BCUT2D eigenvalue weighted by atomic mass is 16.6. The number of ether oxygens (including phenoxy) is 2. The van der Waals surface area contributed by atoms with Crippen LogP contribution >= 0.6 is 0 Å². The predicted octanol–water partition coefficient (Wildman–Crippen LogP) is 2.88. The summed E-state index contributed by atoms with van der Waals surface area (Å²) in [6.45, 7) is 5.78. The molecule has 1 aromatic carbocycles. The minimum atomic E-state index is -0.602. The molecule has 0 unspecified atom stereocenters. The minimum Gasteiger partial charge on any atom is -0.465 e. The Morgan fingerprint density at radius 3 is 2.45 bits per heavy atom. The van der Waals surface area contributed by atoms with Gasteiger partial charge in [-0.25, -0.2) is 0 Å². The van der Waals surface area contributed by atoms with E-state index in [0.29, 0.717) is 13.0 Å². The molecule has 0 radical (unpaired) electrons. The fourth-order valence-electron chi connectivity index (χ4n) is 2.10. The second-order valence-electron chi connectivity index (χ2n) is 6.05. The van der Waals surface area contributed by atoms with Crippen molar-refractivity contribution in [2.75, 3.05) is 6.61 Å². The second kappa shape index (κ2) is 5.65. The summed E-state index contributed by atoms with van der Waals surface area (Å²) >= 11 is 0. The number of rotatable bonds is 3. The molecule has 1 aromatic rings. The SMILES string of the molecule is CC(C)(C)C(=O)O[C@H](c1ccccc1)[C@@H]1CCOC1=O. The van der Waals surface area contributed by atoms with Gasteiger partial charge in [-0.2, -0.15) is 0 Å². The van der Waals surface area contributed by atoms with Gasteiger partial charge in [0.15, 0.2) is 0 Å². The Morgan fingerprint density at radius 1 is 1.30 bits per heavy atom. The van der Waals surface area contributed by atoms with E-state index >= 15 is 0 Å². The summed E-state index contributed by atoms with van der Waals surface area (Å²) in [4.78, 5) is 23.9. The quantitative estimate of drug-likeness (QED) is 0.797. The number of carbonyl (C=O) groups is 2. The molecule has 2 atom stereocenters. The first-order chi connectivity index (χ1) is 9.39. The Kier molecular flexibility index (Phi) is 4.12. The largest absolute Gasteiger partial charge is 0.465 e. The molecule has 108 valence electrons. The van der Waals surface area contributed by atoms with Crippen LogP contribution in [0.1, 0.15) is 38.9 Å². The lowest BCUT2D eigenvalue weighted by molar-refractivity contribution is -0.164. The van der Waals surface area contributed by atoms with Gasteiger partial charge in [0, 0.05) is 0 Å². The van der Waals surface area contributed by atoms with Crippen molar-refractivity contribution >= 4 is 11.9 Å². The molecular formula is C16H20O4. The molecule has 20 heavy (non-hydrogen) atoms. The van der Waals surface area contributed by atoms with Crippen molar-refractivity contribution in [1.29, 1.82) is 0 Å². The summed E-state index contributed by atoms with van der Waals surface area (Å²) in [5, 5.41) is 0. The van der Waals surface area contributed by atoms with Crippen LogP contribution in [0.15, 0.2) is 30.3 Å². The zero-order valence-electron chi connectivity index (χ0n) is 12.1. The molecule has 4 heteroatoms. The third-order valence-electron chi connectivity index (χ3n) is 3.32. The fraction of sp³-hybridized carbons (Fsp3) is 0.500. The number of hydrogen-bond donors (Lipinski definition) is 0. The Hall–Kier alpha value is -1.84. The number of hydrogen-bond acceptors (Lipinski definition) is 4. The van der Waals surface area contributed by atoms with Gasteiger partial charge in [0.25, 0.3) is 0 Å². The number of esters is 2. The summed E-state index contributed by atoms with van der Waals surface area (Å²) < 4.78 is 10.6. The van der Waals surface area contributed by atoms with Crippen LogP contribution in [0.2, 0.25) is 0 Å². The molecule has 1 aliphatic heterocycles. The summed E-state index contributed by atoms with van der Waals surface area (Å²) in [7, 11) is 0. The van der Waals surface area contributed by atoms with Gasteiger partial charge in [-0.1, -0.05) is 30.3 Å². The smallest absolute Gasteiger partial charge is 0.313 e. The van der Waals surface area contributed by atoms with E-state index in [1.807, 2.05) is 30.3 Å². The molecule has 0 aliphatic carbocycles. The molecule has 0 bridgehead atoms. The van der Waals surface area contributed by atoms with Crippen LogP contribution in [0, 0.1) is 11.3 Å². The maximum absolute atomic E-state index is 12.1. The summed E-state index contributed by atoms with van der Waals surface area (Å²) in [6.07, 6.45) is 0.00782. The third-order valence-corrected chi connectivity index (χ3v) is 3.32. The lowest BCUT2D eigenvalue weighted by Crippen LogP contribution is -2.29. The topological polar surface area (TPSA) is 52.6 Å². The zero-order chi connectivity index (χ0) is 14.8. The van der Waals surface area contributed by atoms with Gasteiger partial charge in [0.2, 0.25) is 0 Å². The number of cyclic esters (lactones) is 1. The van der Waals surface area contributed by atoms with Crippen molar-refractivity contribution in [2.45, 2.75) is 33.3 Å². The third kappa shape index (κ3) is 3.18. The first-order valence-electron chi connectivity index (χ1n) is 6.82. The van der Waals surface area contributed by atoms with Crippen LogP contribution in [-0.2, 0) is 19.1 Å². The molecule has 1 saturated heterocycles. The molecule has 1 aliphatic rings. The van der Waals surface area contributed by atoms with Crippen molar-refractivity contribution in [3.05, 3.63) is 35.9 Å². The number of benzene rings is 1. The molecule has 1 heterocycles. The monoisotopic (exact) mass is 276 g/mol. The lowest BCUT2D eigenvalue weighted by atomic mass is 9.93. The fourth-order valence-corrected chi connectivity index (χ4v) is 2.10. The van der Waals surface area contributed by atoms with Crippen LogP contribution in [0.25, 0.3) is 0 Å². The standard InChI is InChI=1S/C16H20O4/c1-16(2,3)15(18)20-13(11-7-5-4-6-8-11)12-9-10-19-14(12)17/h4-8,12-13H,9-10H2,1-3H3/t12-,13+/m0/s1. The average molecular weight is 276 g/mol. The second-order valence-corrected chi connectivity index (χ2v) is 6.05. The molecule has 0 N–H and O–H groups in total. The van der Waals surface area contributed by atoms with Gasteiger partial charge in [0.05, 0.1) is 12.0 Å². The molecule has 0 amide bonds. The van der Waals surface area contributed by atoms with E-state index in [2.05, 4.69) is 0 Å². The van der Waals surface area contributed by atoms with Gasteiger partial charge in [0.1, 0.15) is 12.0 Å². The van der Waals surface area contributed by atoms with Gasteiger partial charge in [-0.3, -0.25) is 9.59 Å². The summed E-state index contributed by atoms with van der Waals surface area (Å²) in [6, 6.07) is 9.36. The van der Waals surface area contributed by atoms with E-state index in [0.717, 1.165) is 5.56 Å². The molecule has 2 rings (SSSR count). The van der Waals surface area contributed by atoms with Crippen molar-refractivity contribution in [3.8, 4) is 0 Å². The molecule has 1 fully saturated rings. The van der Waals surface area contributed by atoms with Crippen molar-refractivity contribution in [1.82, 2.24) is 0 Å². The maximum atomic E-state index is 12.1. The van der Waals surface area contributed by atoms with E-state index in [9.17, 15) is 9.59 Å². The molecular weight excluding hydrogens is 256 g/mol. The van der Waals surface area contributed by atoms with E-state index in [-0.39, 0.29) is 11.9 Å². The average Bonchev–Trinajstić information content (AvgIpc) is 2.81. The summed E-state index contributed by atoms with van der Waals surface area (Å²) in [5.41, 5.74) is 0.226. The van der Waals surface area contributed by atoms with E-state index < -0.39 is 17.4 Å². The van der Waals surface area contributed by atoms with Crippen molar-refractivity contribution < 1.29 is 19.1 Å². The Morgan fingerprint density at radius 2 is 1.95 bits per heavy atom. The van der Waals surface area contributed by atoms with Gasteiger partial charge >= 0.3 is 11.9 Å². The molecule has 0 aromatic heterocycles. The molecule has 0 saturated carbocycles. The summed E-state index contributed by atoms with van der Waals surface area (Å²) in [5.74, 6) is -1.02.